The molecule has 1 rings (SSSR count). The number of unbranched alkanes of at least 4 members (excludes halogenated alkanes) is 9. The first-order valence-corrected chi connectivity index (χ1v) is 9.40. The highest BCUT2D eigenvalue weighted by Gasteiger charge is 2.30. The molecule has 0 aliphatic carbocycles. The number of carbonyl (C=O) groups excluding carboxylic acids is 1. The quantitative estimate of drug-likeness (QED) is 0.468. The predicted octanol–water partition coefficient (Wildman–Crippen LogP) is 5.77. The van der Waals surface area contributed by atoms with Crippen molar-refractivity contribution in [2.75, 3.05) is 0 Å². The Hall–Kier alpha value is -1.15. The molecule has 1 aromatic rings. The third kappa shape index (κ3) is 7.78. The normalized spacial score (nSPS) is 13.7. The molecule has 0 aliphatic heterocycles. The van der Waals surface area contributed by atoms with E-state index >= 15 is 0 Å². The van der Waals surface area contributed by atoms with Gasteiger partial charge in [0.25, 0.3) is 0 Å². The van der Waals surface area contributed by atoms with E-state index in [4.69, 9.17) is 0 Å². The van der Waals surface area contributed by atoms with E-state index in [1.54, 1.807) is 6.92 Å². The van der Waals surface area contributed by atoms with Crippen LogP contribution in [0.2, 0.25) is 0 Å². The fourth-order valence-electron chi connectivity index (χ4n) is 2.94. The Bertz CT molecular complexity index is 423. The highest BCUT2D eigenvalue weighted by Crippen LogP contribution is 2.24. The lowest BCUT2D eigenvalue weighted by atomic mass is 9.89. The molecule has 1 N–H and O–H groups in total. The second-order valence-electron chi connectivity index (χ2n) is 6.79. The van der Waals surface area contributed by atoms with Gasteiger partial charge in [0.15, 0.2) is 5.78 Å². The van der Waals surface area contributed by atoms with Crippen LogP contribution in [0.15, 0.2) is 30.3 Å². The van der Waals surface area contributed by atoms with Crippen LogP contribution in [0, 0.1) is 0 Å². The smallest absolute Gasteiger partial charge is 0.168 e. The van der Waals surface area contributed by atoms with Crippen LogP contribution in [-0.2, 0) is 10.4 Å². The summed E-state index contributed by atoms with van der Waals surface area (Å²) >= 11 is 0. The molecule has 0 aliphatic rings. The summed E-state index contributed by atoms with van der Waals surface area (Å²) < 4.78 is 0. The second-order valence-corrected chi connectivity index (χ2v) is 6.79. The Kier molecular flexibility index (Phi) is 9.86. The van der Waals surface area contributed by atoms with Gasteiger partial charge in [0.2, 0.25) is 0 Å². The third-order valence-corrected chi connectivity index (χ3v) is 4.64. The molecule has 0 unspecified atom stereocenters. The number of Topliss-reactive ketones (excluding diaryl/α,β-unsaturated/α-hetero) is 1. The zero-order valence-corrected chi connectivity index (χ0v) is 15.0. The molecule has 23 heavy (non-hydrogen) atoms. The molecule has 0 heterocycles. The van der Waals surface area contributed by atoms with E-state index in [0.29, 0.717) is 12.0 Å². The minimum atomic E-state index is -1.35. The van der Waals surface area contributed by atoms with Crippen LogP contribution in [-0.4, -0.2) is 10.9 Å². The number of benzene rings is 1. The van der Waals surface area contributed by atoms with Crippen molar-refractivity contribution >= 4 is 5.78 Å². The van der Waals surface area contributed by atoms with E-state index in [2.05, 4.69) is 6.92 Å². The minimum absolute atomic E-state index is 0.0664. The maximum absolute atomic E-state index is 12.3. The van der Waals surface area contributed by atoms with Crippen LogP contribution in [0.5, 0.6) is 0 Å². The van der Waals surface area contributed by atoms with E-state index in [9.17, 15) is 9.90 Å². The van der Waals surface area contributed by atoms with Gasteiger partial charge in [0.1, 0.15) is 5.60 Å². The lowest BCUT2D eigenvalue weighted by Crippen LogP contribution is -2.32. The summed E-state index contributed by atoms with van der Waals surface area (Å²) in [5.74, 6) is -0.0664. The number of hydrogen-bond acceptors (Lipinski definition) is 2. The number of aliphatic hydroxyl groups is 1. The van der Waals surface area contributed by atoms with Crippen LogP contribution in [0.25, 0.3) is 0 Å². The van der Waals surface area contributed by atoms with Crippen molar-refractivity contribution in [2.24, 2.45) is 0 Å². The Morgan fingerprint density at radius 2 is 1.35 bits per heavy atom. The average Bonchev–Trinajstić information content (AvgIpc) is 2.57. The van der Waals surface area contributed by atoms with Gasteiger partial charge >= 0.3 is 0 Å². The van der Waals surface area contributed by atoms with Gasteiger partial charge in [-0.3, -0.25) is 4.79 Å². The van der Waals surface area contributed by atoms with E-state index in [1.807, 2.05) is 30.3 Å². The average molecular weight is 319 g/mol. The molecule has 0 spiro atoms. The van der Waals surface area contributed by atoms with Gasteiger partial charge < -0.3 is 5.11 Å². The lowest BCUT2D eigenvalue weighted by Gasteiger charge is -2.22. The lowest BCUT2D eigenvalue weighted by molar-refractivity contribution is -0.136. The molecule has 2 heteroatoms. The van der Waals surface area contributed by atoms with Gasteiger partial charge in [-0.15, -0.1) is 0 Å². The van der Waals surface area contributed by atoms with Crippen molar-refractivity contribution in [2.45, 2.75) is 90.1 Å². The number of hydrogen-bond donors (Lipinski definition) is 1. The molecule has 0 aromatic heterocycles. The molecule has 2 nitrogen and oxygen atoms in total. The summed E-state index contributed by atoms with van der Waals surface area (Å²) in [5, 5.41) is 10.4. The largest absolute Gasteiger partial charge is 0.378 e. The molecule has 0 saturated heterocycles. The SMILES string of the molecule is CCCCCCCCCCCCC(=O)[C@@](C)(O)c1ccccc1. The molecule has 0 radical (unpaired) electrons. The van der Waals surface area contributed by atoms with E-state index in [1.165, 1.54) is 51.4 Å². The van der Waals surface area contributed by atoms with Gasteiger partial charge in [0.05, 0.1) is 0 Å². The Morgan fingerprint density at radius 1 is 0.870 bits per heavy atom. The number of carbonyl (C=O) groups is 1. The molecule has 1 atom stereocenters. The Balaban J connectivity index is 2.10. The summed E-state index contributed by atoms with van der Waals surface area (Å²) in [4.78, 5) is 12.3. The zero-order valence-electron chi connectivity index (χ0n) is 15.0. The second kappa shape index (κ2) is 11.4. The highest BCUT2D eigenvalue weighted by molar-refractivity contribution is 5.87. The van der Waals surface area contributed by atoms with E-state index in [-0.39, 0.29) is 5.78 Å². The molecule has 130 valence electrons. The number of rotatable bonds is 13. The fraction of sp³-hybridized carbons (Fsp3) is 0.667. The predicted molar refractivity (Wildman–Crippen MR) is 97.5 cm³/mol. The molecule has 1 aromatic carbocycles. The van der Waals surface area contributed by atoms with Gasteiger partial charge in [0, 0.05) is 6.42 Å². The first-order valence-electron chi connectivity index (χ1n) is 9.40. The van der Waals surface area contributed by atoms with Crippen molar-refractivity contribution in [3.63, 3.8) is 0 Å². The maximum atomic E-state index is 12.3. The van der Waals surface area contributed by atoms with Crippen molar-refractivity contribution in [1.29, 1.82) is 0 Å². The maximum Gasteiger partial charge on any atom is 0.168 e. The summed E-state index contributed by atoms with van der Waals surface area (Å²) in [6, 6.07) is 9.24. The van der Waals surface area contributed by atoms with Crippen LogP contribution >= 0.6 is 0 Å². The highest BCUT2D eigenvalue weighted by atomic mass is 16.3. The van der Waals surface area contributed by atoms with E-state index < -0.39 is 5.60 Å². The summed E-state index contributed by atoms with van der Waals surface area (Å²) in [5.41, 5.74) is -0.655. The van der Waals surface area contributed by atoms with Crippen molar-refractivity contribution in [3.8, 4) is 0 Å². The van der Waals surface area contributed by atoms with Crippen molar-refractivity contribution in [3.05, 3.63) is 35.9 Å². The minimum Gasteiger partial charge on any atom is -0.378 e. The molecular formula is C21H34O2. The molecular weight excluding hydrogens is 284 g/mol. The first-order chi connectivity index (χ1) is 11.1. The number of ketones is 1. The van der Waals surface area contributed by atoms with Crippen LogP contribution < -0.4 is 0 Å². The summed E-state index contributed by atoms with van der Waals surface area (Å²) in [6.07, 6.45) is 13.0. The first kappa shape index (κ1) is 19.9. The Labute approximate surface area is 142 Å². The molecule has 0 amide bonds. The topological polar surface area (TPSA) is 37.3 Å². The third-order valence-electron chi connectivity index (χ3n) is 4.64. The zero-order chi connectivity index (χ0) is 17.0. The van der Waals surface area contributed by atoms with E-state index in [0.717, 1.165) is 12.8 Å². The van der Waals surface area contributed by atoms with Crippen molar-refractivity contribution < 1.29 is 9.90 Å². The standard InChI is InChI=1S/C21H34O2/c1-3-4-5-6-7-8-9-10-11-15-18-20(22)21(2,23)19-16-13-12-14-17-19/h12-14,16-17,23H,3-11,15,18H2,1-2H3/t21-/m0/s1. The van der Waals surface area contributed by atoms with Gasteiger partial charge in [-0.1, -0.05) is 95.0 Å². The Morgan fingerprint density at radius 3 is 1.87 bits per heavy atom. The van der Waals surface area contributed by atoms with Crippen LogP contribution in [0.3, 0.4) is 0 Å². The van der Waals surface area contributed by atoms with Gasteiger partial charge in [-0.2, -0.15) is 0 Å². The van der Waals surface area contributed by atoms with Crippen molar-refractivity contribution in [1.82, 2.24) is 0 Å². The fourth-order valence-corrected chi connectivity index (χ4v) is 2.94. The van der Waals surface area contributed by atoms with Crippen LogP contribution in [0.1, 0.15) is 90.0 Å². The summed E-state index contributed by atoms with van der Waals surface area (Å²) in [7, 11) is 0. The molecule has 0 fully saturated rings. The monoisotopic (exact) mass is 318 g/mol. The summed E-state index contributed by atoms with van der Waals surface area (Å²) in [6.45, 7) is 3.86. The van der Waals surface area contributed by atoms with Crippen LogP contribution in [0.4, 0.5) is 0 Å². The van der Waals surface area contributed by atoms with Gasteiger partial charge in [-0.25, -0.2) is 0 Å². The van der Waals surface area contributed by atoms with Gasteiger partial charge in [-0.05, 0) is 18.9 Å². The molecule has 0 saturated carbocycles. The molecule has 0 bridgehead atoms.